The van der Waals surface area contributed by atoms with E-state index in [2.05, 4.69) is 25.9 Å². The highest BCUT2D eigenvalue weighted by Gasteiger charge is 2.41. The van der Waals surface area contributed by atoms with Gasteiger partial charge in [0.2, 0.25) is 0 Å². The lowest BCUT2D eigenvalue weighted by Gasteiger charge is -2.40. The Morgan fingerprint density at radius 3 is 2.77 bits per heavy atom. The van der Waals surface area contributed by atoms with Gasteiger partial charge in [-0.2, -0.15) is 0 Å². The fraction of sp³-hybridized carbons (Fsp3) is 0.462. The number of carbonyl (C=O) groups excluding carboxylic acids is 2. The lowest BCUT2D eigenvalue weighted by molar-refractivity contribution is -0.138. The predicted octanol–water partition coefficient (Wildman–Crippen LogP) is 4.01. The van der Waals surface area contributed by atoms with Crippen molar-refractivity contribution in [2.24, 2.45) is 10.7 Å². The number of halogens is 4. The number of aliphatic hydroxyl groups is 1. The molecule has 220 valence electrons. The molecule has 9 nitrogen and oxygen atoms in total. The first-order valence-electron chi connectivity index (χ1n) is 12.3. The summed E-state index contributed by atoms with van der Waals surface area (Å²) in [4.78, 5) is 34.4. The number of rotatable bonds is 12. The monoisotopic (exact) mass is 648 g/mol. The number of esters is 1. The number of nitrogens with zero attached hydrogens (tertiary/aromatic N) is 3. The highest BCUT2D eigenvalue weighted by molar-refractivity contribution is 9.10. The SMILES string of the molecule is CCOC(=O)/C(=C(\CN1CC(F)(F)CCC1COCC=O)c1nccs1)[C@@H](N=CN)c1ccc(F)cc1Br.CO. The van der Waals surface area contributed by atoms with Crippen molar-refractivity contribution in [2.75, 3.05) is 40.0 Å². The average molecular weight is 650 g/mol. The molecular weight excluding hydrogens is 617 g/mol. The fourth-order valence-corrected chi connectivity index (χ4v) is 5.52. The number of aliphatic imine (C=N–C) groups is 1. The van der Waals surface area contributed by atoms with Gasteiger partial charge in [0, 0.05) is 47.7 Å². The quantitative estimate of drug-likeness (QED) is 0.0883. The zero-order valence-electron chi connectivity index (χ0n) is 22.1. The van der Waals surface area contributed by atoms with Crippen molar-refractivity contribution < 1.29 is 37.3 Å². The molecule has 0 bridgehead atoms. The summed E-state index contributed by atoms with van der Waals surface area (Å²) in [5, 5.41) is 9.10. The van der Waals surface area contributed by atoms with Crippen LogP contribution >= 0.6 is 27.3 Å². The maximum absolute atomic E-state index is 14.6. The van der Waals surface area contributed by atoms with Crippen LogP contribution in [0.5, 0.6) is 0 Å². The molecule has 3 rings (SSSR count). The number of ether oxygens (including phenoxy) is 2. The Bertz CT molecular complexity index is 1170. The van der Waals surface area contributed by atoms with Gasteiger partial charge in [0.05, 0.1) is 31.7 Å². The molecule has 1 aromatic heterocycles. The standard InChI is InChI=1S/C25H28BrF3N4O4S.CH4O/c1-2-37-24(35)21(22(32-15-30)18-4-3-16(27)11-20(18)26)19(23-31-7-10-38-23)12-33-14-25(28,29)6-5-17(33)13-36-9-8-34;1-2/h3-4,7-8,10-11,15,17,22H,2,5-6,9,12-14H2,1H3,(H2,30,32);2H,1H3/b21-19+;/t17?,22-;/m0./s1. The number of nitrogens with two attached hydrogens (primary N) is 1. The average Bonchev–Trinajstić information content (AvgIpc) is 3.45. The minimum absolute atomic E-state index is 0.0391. The molecule has 40 heavy (non-hydrogen) atoms. The molecule has 0 spiro atoms. The van der Waals surface area contributed by atoms with Gasteiger partial charge in [0.1, 0.15) is 29.8 Å². The minimum Gasteiger partial charge on any atom is -0.463 e. The molecule has 1 fully saturated rings. The van der Waals surface area contributed by atoms with Crippen molar-refractivity contribution in [2.45, 2.75) is 37.8 Å². The van der Waals surface area contributed by atoms with Crippen LogP contribution in [0.15, 0.2) is 44.8 Å². The molecule has 0 radical (unpaired) electrons. The van der Waals surface area contributed by atoms with Gasteiger partial charge in [-0.25, -0.2) is 22.9 Å². The summed E-state index contributed by atoms with van der Waals surface area (Å²) in [5.74, 6) is -4.21. The van der Waals surface area contributed by atoms with E-state index in [1.165, 1.54) is 40.6 Å². The summed E-state index contributed by atoms with van der Waals surface area (Å²) >= 11 is 4.55. The first-order chi connectivity index (χ1) is 19.2. The van der Waals surface area contributed by atoms with Crippen LogP contribution in [0.4, 0.5) is 13.2 Å². The van der Waals surface area contributed by atoms with E-state index in [0.29, 0.717) is 26.9 Å². The molecule has 0 amide bonds. The van der Waals surface area contributed by atoms with Crippen LogP contribution in [-0.4, -0.2) is 85.6 Å². The lowest BCUT2D eigenvalue weighted by Crippen LogP contribution is -2.51. The van der Waals surface area contributed by atoms with Crippen LogP contribution in [0.25, 0.3) is 5.57 Å². The van der Waals surface area contributed by atoms with Crippen molar-refractivity contribution in [1.82, 2.24) is 9.88 Å². The van der Waals surface area contributed by atoms with Crippen molar-refractivity contribution in [3.8, 4) is 0 Å². The van der Waals surface area contributed by atoms with E-state index < -0.39 is 36.3 Å². The van der Waals surface area contributed by atoms with E-state index in [0.717, 1.165) is 13.4 Å². The Morgan fingerprint density at radius 1 is 1.43 bits per heavy atom. The molecular formula is C26H32BrF3N4O5S. The van der Waals surface area contributed by atoms with Gasteiger partial charge in [0.25, 0.3) is 5.92 Å². The number of aliphatic hydroxyl groups excluding tert-OH is 1. The second-order valence-electron chi connectivity index (χ2n) is 8.47. The molecule has 1 saturated heterocycles. The summed E-state index contributed by atoms with van der Waals surface area (Å²) in [6, 6.07) is 2.41. The van der Waals surface area contributed by atoms with Gasteiger partial charge in [0.15, 0.2) is 0 Å². The van der Waals surface area contributed by atoms with Crippen molar-refractivity contribution >= 4 is 51.4 Å². The number of benzene rings is 1. The van der Waals surface area contributed by atoms with E-state index in [9.17, 15) is 22.8 Å². The predicted molar refractivity (Wildman–Crippen MR) is 150 cm³/mol. The number of aromatic nitrogens is 1. The van der Waals surface area contributed by atoms with Crippen LogP contribution < -0.4 is 5.73 Å². The number of hydrogen-bond donors (Lipinski definition) is 2. The summed E-state index contributed by atoms with van der Waals surface area (Å²) in [5.41, 5.74) is 6.44. The Balaban J connectivity index is 0.00000274. The second-order valence-corrected chi connectivity index (χ2v) is 10.2. The highest BCUT2D eigenvalue weighted by atomic mass is 79.9. The summed E-state index contributed by atoms with van der Waals surface area (Å²) in [6.07, 6.45) is 2.94. The number of likely N-dealkylation sites (tertiary alicyclic amines) is 1. The second kappa shape index (κ2) is 16.6. The van der Waals surface area contributed by atoms with Gasteiger partial charge < -0.3 is 25.1 Å². The van der Waals surface area contributed by atoms with E-state index in [4.69, 9.17) is 20.3 Å². The maximum atomic E-state index is 14.6. The Labute approximate surface area is 243 Å². The van der Waals surface area contributed by atoms with E-state index in [1.54, 1.807) is 12.3 Å². The molecule has 2 atom stereocenters. The molecule has 2 heterocycles. The van der Waals surface area contributed by atoms with Crippen LogP contribution in [0.3, 0.4) is 0 Å². The van der Waals surface area contributed by atoms with Crippen LogP contribution in [0.1, 0.15) is 36.4 Å². The van der Waals surface area contributed by atoms with Gasteiger partial charge in [-0.3, -0.25) is 9.89 Å². The van der Waals surface area contributed by atoms with Crippen molar-refractivity contribution in [3.05, 3.63) is 56.2 Å². The first kappa shape index (κ1) is 33.6. The number of thiazole rings is 1. The summed E-state index contributed by atoms with van der Waals surface area (Å²) < 4.78 is 54.1. The van der Waals surface area contributed by atoms with Gasteiger partial charge in [-0.15, -0.1) is 11.3 Å². The Hall–Kier alpha value is -2.65. The minimum atomic E-state index is -2.96. The summed E-state index contributed by atoms with van der Waals surface area (Å²) in [6.45, 7) is 0.888. The Kier molecular flexibility index (Phi) is 13.9. The molecule has 1 aliphatic heterocycles. The topological polar surface area (TPSA) is 127 Å². The third-order valence-corrected chi connectivity index (χ3v) is 7.45. The van der Waals surface area contributed by atoms with Crippen molar-refractivity contribution in [1.29, 1.82) is 0 Å². The number of alkyl halides is 2. The highest BCUT2D eigenvalue weighted by Crippen LogP contribution is 2.39. The van der Waals surface area contributed by atoms with Crippen LogP contribution in [-0.2, 0) is 19.1 Å². The molecule has 1 aliphatic rings. The number of piperidine rings is 1. The summed E-state index contributed by atoms with van der Waals surface area (Å²) in [7, 11) is 1.00. The van der Waals surface area contributed by atoms with Gasteiger partial charge in [-0.05, 0) is 31.0 Å². The third kappa shape index (κ3) is 9.20. The van der Waals surface area contributed by atoms with E-state index in [-0.39, 0.29) is 44.8 Å². The van der Waals surface area contributed by atoms with Crippen LogP contribution in [0.2, 0.25) is 0 Å². The van der Waals surface area contributed by atoms with Gasteiger partial charge in [-0.1, -0.05) is 22.0 Å². The largest absolute Gasteiger partial charge is 0.463 e. The third-order valence-electron chi connectivity index (χ3n) is 5.93. The zero-order chi connectivity index (χ0) is 29.7. The van der Waals surface area contributed by atoms with Crippen molar-refractivity contribution in [3.63, 3.8) is 0 Å². The molecule has 3 N–H and O–H groups in total. The van der Waals surface area contributed by atoms with Crippen LogP contribution in [0, 0.1) is 5.82 Å². The molecule has 1 unspecified atom stereocenters. The molecule has 2 aromatic rings. The molecule has 14 heteroatoms. The molecule has 0 aliphatic carbocycles. The number of aldehydes is 1. The molecule has 0 saturated carbocycles. The van der Waals surface area contributed by atoms with E-state index >= 15 is 0 Å². The fourth-order valence-electron chi connectivity index (χ4n) is 4.26. The Morgan fingerprint density at radius 2 is 2.17 bits per heavy atom. The number of carbonyl (C=O) groups is 2. The normalized spacial score (nSPS) is 18.4. The van der Waals surface area contributed by atoms with E-state index in [1.807, 2.05) is 0 Å². The number of hydrogen-bond acceptors (Lipinski definition) is 9. The van der Waals surface area contributed by atoms with Gasteiger partial charge >= 0.3 is 5.97 Å². The zero-order valence-corrected chi connectivity index (χ0v) is 24.5. The molecule has 1 aromatic carbocycles. The first-order valence-corrected chi connectivity index (χ1v) is 13.9. The smallest absolute Gasteiger partial charge is 0.336 e. The maximum Gasteiger partial charge on any atom is 0.336 e. The lowest BCUT2D eigenvalue weighted by atomic mass is 9.92.